The van der Waals surface area contributed by atoms with Crippen molar-refractivity contribution in [3.63, 3.8) is 0 Å². The van der Waals surface area contributed by atoms with Gasteiger partial charge >= 0.3 is 0 Å². The minimum absolute atomic E-state index is 0.0885. The third-order valence-electron chi connectivity index (χ3n) is 4.82. The predicted octanol–water partition coefficient (Wildman–Crippen LogP) is 2.69. The highest BCUT2D eigenvalue weighted by Crippen LogP contribution is 2.37. The van der Waals surface area contributed by atoms with Gasteiger partial charge in [0.05, 0.1) is 6.61 Å². The summed E-state index contributed by atoms with van der Waals surface area (Å²) in [4.78, 5) is 13.8. The average molecular weight is 325 g/mol. The number of amides is 1. The summed E-state index contributed by atoms with van der Waals surface area (Å²) < 4.78 is 11.6. The average Bonchev–Trinajstić information content (AvgIpc) is 2.58. The topological polar surface area (TPSA) is 59.0 Å². The number of unbranched alkanes of at least 4 members (excludes halogenated alkanes) is 1. The van der Waals surface area contributed by atoms with Gasteiger partial charge in [0.25, 0.3) is 5.91 Å². The van der Waals surface area contributed by atoms with Crippen LogP contribution in [0.5, 0.6) is 0 Å². The van der Waals surface area contributed by atoms with Gasteiger partial charge in [-0.1, -0.05) is 19.3 Å². The third kappa shape index (κ3) is 5.50. The molecule has 1 aliphatic heterocycles. The van der Waals surface area contributed by atoms with E-state index < -0.39 is 0 Å². The highest BCUT2D eigenvalue weighted by atomic mass is 16.7. The molecule has 0 aromatic heterocycles. The maximum atomic E-state index is 12.3. The number of hydrogen-bond acceptors (Lipinski definition) is 4. The quantitative estimate of drug-likeness (QED) is 0.731. The van der Waals surface area contributed by atoms with Crippen molar-refractivity contribution >= 4 is 5.91 Å². The van der Waals surface area contributed by atoms with Crippen LogP contribution in [0.25, 0.3) is 0 Å². The molecule has 5 nitrogen and oxygen atoms in total. The first-order valence-electron chi connectivity index (χ1n) is 8.94. The number of ether oxygens (including phenoxy) is 2. The van der Waals surface area contributed by atoms with Crippen molar-refractivity contribution < 1.29 is 19.4 Å². The summed E-state index contributed by atoms with van der Waals surface area (Å²) in [6.07, 6.45) is 10.4. The zero-order valence-electron chi connectivity index (χ0n) is 14.5. The van der Waals surface area contributed by atoms with E-state index >= 15 is 0 Å². The molecule has 0 bridgehead atoms. The van der Waals surface area contributed by atoms with Gasteiger partial charge in [-0.25, -0.2) is 0 Å². The van der Waals surface area contributed by atoms with E-state index in [1.165, 1.54) is 32.1 Å². The number of rotatable bonds is 7. The highest BCUT2D eigenvalue weighted by molar-refractivity contribution is 5.91. The lowest BCUT2D eigenvalue weighted by Crippen LogP contribution is -2.35. The molecule has 1 amide bonds. The summed E-state index contributed by atoms with van der Waals surface area (Å²) in [5, 5.41) is 8.85. The highest BCUT2D eigenvalue weighted by Gasteiger charge is 2.33. The molecule has 1 heterocycles. The lowest BCUT2D eigenvalue weighted by Gasteiger charge is -2.35. The molecule has 1 saturated carbocycles. The van der Waals surface area contributed by atoms with E-state index in [4.69, 9.17) is 14.6 Å². The molecule has 0 radical (unpaired) electrons. The Kier molecular flexibility index (Phi) is 7.37. The van der Waals surface area contributed by atoms with Crippen LogP contribution >= 0.6 is 0 Å². The summed E-state index contributed by atoms with van der Waals surface area (Å²) in [6, 6.07) is 0. The molecule has 1 fully saturated rings. The maximum Gasteiger partial charge on any atom is 0.288 e. The number of nitrogens with zero attached hydrogens (tertiary/aromatic N) is 1. The van der Waals surface area contributed by atoms with Gasteiger partial charge < -0.3 is 19.5 Å². The van der Waals surface area contributed by atoms with Gasteiger partial charge in [-0.3, -0.25) is 4.79 Å². The molecule has 0 spiro atoms. The number of aliphatic hydroxyl groups excluding tert-OH is 1. The molecular weight excluding hydrogens is 294 g/mol. The Hall–Kier alpha value is -1.07. The van der Waals surface area contributed by atoms with Crippen molar-refractivity contribution in [2.24, 2.45) is 11.8 Å². The van der Waals surface area contributed by atoms with Crippen molar-refractivity contribution in [3.8, 4) is 0 Å². The molecule has 2 aliphatic rings. The smallest absolute Gasteiger partial charge is 0.288 e. The van der Waals surface area contributed by atoms with E-state index in [1.54, 1.807) is 19.0 Å². The predicted molar refractivity (Wildman–Crippen MR) is 88.6 cm³/mol. The van der Waals surface area contributed by atoms with E-state index in [-0.39, 0.29) is 18.8 Å². The van der Waals surface area contributed by atoms with Crippen molar-refractivity contribution in [1.82, 2.24) is 4.90 Å². The summed E-state index contributed by atoms with van der Waals surface area (Å²) in [6.45, 7) is 0.746. The van der Waals surface area contributed by atoms with Gasteiger partial charge in [0.15, 0.2) is 5.76 Å². The summed E-state index contributed by atoms with van der Waals surface area (Å²) in [7, 11) is 3.49. The fraction of sp³-hybridized carbons (Fsp3) is 0.833. The number of allylic oxidation sites excluding steroid dienone is 1. The van der Waals surface area contributed by atoms with E-state index in [0.29, 0.717) is 24.2 Å². The van der Waals surface area contributed by atoms with Crippen molar-refractivity contribution in [2.45, 2.75) is 57.7 Å². The molecule has 5 heteroatoms. The molecule has 2 rings (SSSR count). The Morgan fingerprint density at radius 2 is 2.04 bits per heavy atom. The fourth-order valence-electron chi connectivity index (χ4n) is 3.48. The molecule has 0 unspecified atom stereocenters. The molecule has 132 valence electrons. The van der Waals surface area contributed by atoms with Crippen LogP contribution < -0.4 is 0 Å². The number of likely N-dealkylation sites (N-methyl/N-ethyl adjacent to an activating group) is 1. The van der Waals surface area contributed by atoms with Gasteiger partial charge in [0.1, 0.15) is 0 Å². The van der Waals surface area contributed by atoms with Gasteiger partial charge in [-0.2, -0.15) is 0 Å². The zero-order chi connectivity index (χ0) is 16.7. The summed E-state index contributed by atoms with van der Waals surface area (Å²) in [5.74, 6) is 1.35. The van der Waals surface area contributed by atoms with Crippen molar-refractivity contribution in [1.29, 1.82) is 0 Å². The number of hydrogen-bond donors (Lipinski definition) is 1. The van der Waals surface area contributed by atoms with Crippen LogP contribution in [0.4, 0.5) is 0 Å². The standard InChI is InChI=1S/C18H31NO4/c1-19(2)18(21)16-12-15(14-8-4-3-5-9-14)13-17(23-16)22-11-7-6-10-20/h12,14-15,17,20H,3-11,13H2,1-2H3/t15-,17+/m1/s1. The van der Waals surface area contributed by atoms with Gasteiger partial charge in [-0.15, -0.1) is 0 Å². The Balaban J connectivity index is 2.00. The van der Waals surface area contributed by atoms with Gasteiger partial charge in [-0.05, 0) is 43.6 Å². The zero-order valence-corrected chi connectivity index (χ0v) is 14.5. The second-order valence-electron chi connectivity index (χ2n) is 6.88. The van der Waals surface area contributed by atoms with Crippen LogP contribution in [0.1, 0.15) is 51.4 Å². The van der Waals surface area contributed by atoms with E-state index in [1.807, 2.05) is 6.08 Å². The number of carbonyl (C=O) groups is 1. The Labute approximate surface area is 139 Å². The van der Waals surface area contributed by atoms with E-state index in [2.05, 4.69) is 0 Å². The Morgan fingerprint density at radius 3 is 2.70 bits per heavy atom. The minimum atomic E-state index is -0.343. The van der Waals surface area contributed by atoms with E-state index in [9.17, 15) is 4.79 Å². The van der Waals surface area contributed by atoms with Crippen LogP contribution in [0.15, 0.2) is 11.8 Å². The molecule has 0 aromatic carbocycles. The third-order valence-corrected chi connectivity index (χ3v) is 4.82. The first-order chi connectivity index (χ1) is 11.1. The molecule has 1 aliphatic carbocycles. The summed E-state index contributed by atoms with van der Waals surface area (Å²) >= 11 is 0. The second kappa shape index (κ2) is 9.28. The first kappa shape index (κ1) is 18.3. The summed E-state index contributed by atoms with van der Waals surface area (Å²) in [5.41, 5.74) is 0. The van der Waals surface area contributed by atoms with Crippen LogP contribution in [-0.2, 0) is 14.3 Å². The Morgan fingerprint density at radius 1 is 1.30 bits per heavy atom. The molecular formula is C18H31NO4. The monoisotopic (exact) mass is 325 g/mol. The van der Waals surface area contributed by atoms with Crippen LogP contribution in [-0.4, -0.2) is 49.5 Å². The number of carbonyl (C=O) groups excluding carboxylic acids is 1. The lowest BCUT2D eigenvalue weighted by molar-refractivity contribution is -0.155. The molecule has 2 atom stereocenters. The maximum absolute atomic E-state index is 12.3. The lowest BCUT2D eigenvalue weighted by atomic mass is 9.77. The van der Waals surface area contributed by atoms with Crippen LogP contribution in [0.3, 0.4) is 0 Å². The molecule has 1 N–H and O–H groups in total. The van der Waals surface area contributed by atoms with Crippen LogP contribution in [0, 0.1) is 11.8 Å². The SMILES string of the molecule is CN(C)C(=O)C1=C[C@@H](C2CCCCC2)C[C@@H](OCCCCO)O1. The van der Waals surface area contributed by atoms with Gasteiger partial charge in [0.2, 0.25) is 6.29 Å². The molecule has 23 heavy (non-hydrogen) atoms. The van der Waals surface area contributed by atoms with E-state index in [0.717, 1.165) is 19.3 Å². The first-order valence-corrected chi connectivity index (χ1v) is 8.94. The largest absolute Gasteiger partial charge is 0.459 e. The number of aliphatic hydroxyl groups is 1. The van der Waals surface area contributed by atoms with Gasteiger partial charge in [0, 0.05) is 27.1 Å². The second-order valence-corrected chi connectivity index (χ2v) is 6.88. The molecule has 0 aromatic rings. The fourth-order valence-corrected chi connectivity index (χ4v) is 3.48. The minimum Gasteiger partial charge on any atom is -0.459 e. The Bertz CT molecular complexity index is 402. The molecule has 0 saturated heterocycles. The van der Waals surface area contributed by atoms with Crippen molar-refractivity contribution in [2.75, 3.05) is 27.3 Å². The van der Waals surface area contributed by atoms with Crippen molar-refractivity contribution in [3.05, 3.63) is 11.8 Å². The van der Waals surface area contributed by atoms with Crippen LogP contribution in [0.2, 0.25) is 0 Å². The normalized spacial score (nSPS) is 25.6.